The molecule has 6 nitrogen and oxygen atoms in total. The van der Waals surface area contributed by atoms with Crippen LogP contribution in [0.25, 0.3) is 11.1 Å². The first-order chi connectivity index (χ1) is 13.7. The van der Waals surface area contributed by atoms with E-state index in [9.17, 15) is 4.79 Å². The predicted molar refractivity (Wildman–Crippen MR) is 111 cm³/mol. The van der Waals surface area contributed by atoms with Crippen LogP contribution in [0.1, 0.15) is 39.5 Å². The second kappa shape index (κ2) is 8.52. The van der Waals surface area contributed by atoms with Gasteiger partial charge in [-0.1, -0.05) is 12.1 Å². The van der Waals surface area contributed by atoms with Crippen LogP contribution in [0.4, 0.5) is 6.01 Å². The molecule has 2 aliphatic rings. The van der Waals surface area contributed by atoms with Gasteiger partial charge in [-0.15, -0.1) is 0 Å². The van der Waals surface area contributed by atoms with Crippen molar-refractivity contribution in [1.82, 2.24) is 14.8 Å². The molecular weight excluding hydrogens is 352 g/mol. The highest BCUT2D eigenvalue weighted by molar-refractivity contribution is 5.79. The number of carbonyl (C=O) groups is 1. The van der Waals surface area contributed by atoms with Crippen molar-refractivity contribution in [2.75, 3.05) is 44.2 Å². The van der Waals surface area contributed by atoms with E-state index in [1.165, 1.54) is 0 Å². The van der Waals surface area contributed by atoms with Gasteiger partial charge in [0.15, 0.2) is 5.58 Å². The molecule has 2 fully saturated rings. The van der Waals surface area contributed by atoms with E-state index in [0.29, 0.717) is 11.9 Å². The zero-order chi connectivity index (χ0) is 19.5. The number of carbonyl (C=O) groups excluding carboxylic acids is 1. The summed E-state index contributed by atoms with van der Waals surface area (Å²) in [5, 5.41) is 0. The molecule has 0 saturated carbocycles. The fourth-order valence-corrected chi connectivity index (χ4v) is 4.75. The first-order valence-electron chi connectivity index (χ1n) is 10.8. The second-order valence-electron chi connectivity index (χ2n) is 8.03. The molecule has 1 aromatic carbocycles. The molecule has 0 radical (unpaired) electrons. The van der Waals surface area contributed by atoms with Crippen LogP contribution in [0.15, 0.2) is 28.7 Å². The van der Waals surface area contributed by atoms with Gasteiger partial charge in [-0.05, 0) is 58.2 Å². The highest BCUT2D eigenvalue weighted by Gasteiger charge is 2.33. The summed E-state index contributed by atoms with van der Waals surface area (Å²) in [6, 6.07) is 9.25. The zero-order valence-corrected chi connectivity index (χ0v) is 17.1. The van der Waals surface area contributed by atoms with Crippen molar-refractivity contribution in [2.24, 2.45) is 5.92 Å². The van der Waals surface area contributed by atoms with E-state index in [0.717, 1.165) is 82.1 Å². The maximum absolute atomic E-state index is 12.8. The van der Waals surface area contributed by atoms with Crippen molar-refractivity contribution in [3.05, 3.63) is 24.3 Å². The van der Waals surface area contributed by atoms with Gasteiger partial charge in [0, 0.05) is 38.8 Å². The van der Waals surface area contributed by atoms with Gasteiger partial charge in [0.05, 0.1) is 5.92 Å². The molecule has 0 aliphatic carbocycles. The lowest BCUT2D eigenvalue weighted by Crippen LogP contribution is -2.51. The van der Waals surface area contributed by atoms with Gasteiger partial charge in [-0.25, -0.2) is 0 Å². The molecule has 2 aliphatic heterocycles. The fourth-order valence-electron chi connectivity index (χ4n) is 4.75. The highest BCUT2D eigenvalue weighted by Crippen LogP contribution is 2.28. The molecule has 152 valence electrons. The third-order valence-corrected chi connectivity index (χ3v) is 6.41. The van der Waals surface area contributed by atoms with E-state index < -0.39 is 0 Å². The molecular formula is C22H32N4O2. The first-order valence-corrected chi connectivity index (χ1v) is 10.8. The molecule has 2 aromatic rings. The van der Waals surface area contributed by atoms with E-state index in [1.54, 1.807) is 0 Å². The Kier molecular flexibility index (Phi) is 5.85. The maximum atomic E-state index is 12.8. The van der Waals surface area contributed by atoms with Crippen LogP contribution in [0.3, 0.4) is 0 Å². The normalized spacial score (nSPS) is 21.9. The Bertz CT molecular complexity index is 760. The molecule has 0 bridgehead atoms. The number of rotatable bonds is 5. The van der Waals surface area contributed by atoms with Crippen molar-refractivity contribution >= 4 is 23.0 Å². The van der Waals surface area contributed by atoms with Crippen LogP contribution in [-0.2, 0) is 4.79 Å². The number of hydrogen-bond acceptors (Lipinski definition) is 5. The molecule has 6 heteroatoms. The Morgan fingerprint density at radius 1 is 1.14 bits per heavy atom. The van der Waals surface area contributed by atoms with Gasteiger partial charge < -0.3 is 14.2 Å². The number of piperidine rings is 2. The Balaban J connectivity index is 1.34. The van der Waals surface area contributed by atoms with Crippen molar-refractivity contribution in [2.45, 2.75) is 45.6 Å². The molecule has 3 heterocycles. The summed E-state index contributed by atoms with van der Waals surface area (Å²) in [5.41, 5.74) is 1.78. The molecule has 1 atom stereocenters. The molecule has 1 amide bonds. The van der Waals surface area contributed by atoms with Gasteiger partial charge in [-0.3, -0.25) is 9.69 Å². The topological polar surface area (TPSA) is 52.8 Å². The number of fused-ring (bicyclic) bond motifs is 1. The van der Waals surface area contributed by atoms with Crippen LogP contribution in [0.5, 0.6) is 0 Å². The van der Waals surface area contributed by atoms with Crippen molar-refractivity contribution < 1.29 is 9.21 Å². The van der Waals surface area contributed by atoms with E-state index in [1.807, 2.05) is 29.2 Å². The number of anilines is 1. The summed E-state index contributed by atoms with van der Waals surface area (Å²) in [7, 11) is 0. The van der Waals surface area contributed by atoms with Gasteiger partial charge in [-0.2, -0.15) is 4.98 Å². The van der Waals surface area contributed by atoms with Gasteiger partial charge in [0.1, 0.15) is 5.52 Å². The maximum Gasteiger partial charge on any atom is 0.298 e. The predicted octanol–water partition coefficient (Wildman–Crippen LogP) is 3.38. The lowest BCUT2D eigenvalue weighted by atomic mass is 9.93. The second-order valence-corrected chi connectivity index (χ2v) is 8.03. The van der Waals surface area contributed by atoms with Crippen molar-refractivity contribution in [3.63, 3.8) is 0 Å². The molecule has 0 N–H and O–H groups in total. The number of oxazole rings is 1. The van der Waals surface area contributed by atoms with E-state index in [-0.39, 0.29) is 5.92 Å². The summed E-state index contributed by atoms with van der Waals surface area (Å²) >= 11 is 0. The zero-order valence-electron chi connectivity index (χ0n) is 17.1. The van der Waals surface area contributed by atoms with E-state index in [2.05, 4.69) is 28.6 Å². The highest BCUT2D eigenvalue weighted by atomic mass is 16.4. The lowest BCUT2D eigenvalue weighted by molar-refractivity contribution is -0.137. The summed E-state index contributed by atoms with van der Waals surface area (Å²) in [6.07, 6.45) is 4.37. The minimum absolute atomic E-state index is 0.170. The molecule has 2 saturated heterocycles. The number of amides is 1. The van der Waals surface area contributed by atoms with Crippen LogP contribution in [0, 0.1) is 5.92 Å². The Morgan fingerprint density at radius 3 is 2.61 bits per heavy atom. The number of likely N-dealkylation sites (tertiary alicyclic amines) is 1. The van der Waals surface area contributed by atoms with Crippen molar-refractivity contribution in [1.29, 1.82) is 0 Å². The minimum Gasteiger partial charge on any atom is -0.423 e. The van der Waals surface area contributed by atoms with Crippen LogP contribution >= 0.6 is 0 Å². The average Bonchev–Trinajstić information content (AvgIpc) is 3.19. The Hall–Kier alpha value is -2.08. The average molecular weight is 385 g/mol. The molecule has 0 unspecified atom stereocenters. The van der Waals surface area contributed by atoms with Crippen LogP contribution in [-0.4, -0.2) is 66.0 Å². The molecule has 4 rings (SSSR count). The van der Waals surface area contributed by atoms with E-state index >= 15 is 0 Å². The number of aromatic nitrogens is 1. The third-order valence-electron chi connectivity index (χ3n) is 6.41. The third kappa shape index (κ3) is 3.88. The number of para-hydroxylation sites is 2. The summed E-state index contributed by atoms with van der Waals surface area (Å²) < 4.78 is 5.94. The summed E-state index contributed by atoms with van der Waals surface area (Å²) in [4.78, 5) is 24.2. The SMILES string of the molecule is CCN(CC)C(=O)[C@H]1CCCN(C2CCN(c3nc4ccccc4o3)CC2)C1. The Labute approximate surface area is 167 Å². The monoisotopic (exact) mass is 384 g/mol. The quantitative estimate of drug-likeness (QED) is 0.791. The van der Waals surface area contributed by atoms with Gasteiger partial charge in [0.25, 0.3) is 6.01 Å². The molecule has 0 spiro atoms. The fraction of sp³-hybridized carbons (Fsp3) is 0.636. The van der Waals surface area contributed by atoms with Gasteiger partial charge >= 0.3 is 0 Å². The molecule has 28 heavy (non-hydrogen) atoms. The van der Waals surface area contributed by atoms with Crippen LogP contribution in [0.2, 0.25) is 0 Å². The number of hydrogen-bond donors (Lipinski definition) is 0. The van der Waals surface area contributed by atoms with Crippen LogP contribution < -0.4 is 4.90 Å². The Morgan fingerprint density at radius 2 is 1.89 bits per heavy atom. The smallest absolute Gasteiger partial charge is 0.298 e. The van der Waals surface area contributed by atoms with E-state index in [4.69, 9.17) is 4.42 Å². The first kappa shape index (κ1) is 19.2. The number of benzene rings is 1. The van der Waals surface area contributed by atoms with Crippen molar-refractivity contribution in [3.8, 4) is 0 Å². The number of nitrogens with zero attached hydrogens (tertiary/aromatic N) is 4. The lowest BCUT2D eigenvalue weighted by Gasteiger charge is -2.42. The minimum atomic E-state index is 0.170. The standard InChI is InChI=1S/C22H32N4O2/c1-3-24(4-2)21(27)17-8-7-13-26(16-17)18-11-14-25(15-12-18)22-23-19-9-5-6-10-20(19)28-22/h5-6,9-10,17-18H,3-4,7-8,11-16H2,1-2H3/t17-/m0/s1. The largest absolute Gasteiger partial charge is 0.423 e. The molecule has 1 aromatic heterocycles. The summed E-state index contributed by atoms with van der Waals surface area (Å²) in [5.74, 6) is 0.516. The van der Waals surface area contributed by atoms with Gasteiger partial charge in [0.2, 0.25) is 5.91 Å². The summed E-state index contributed by atoms with van der Waals surface area (Å²) in [6.45, 7) is 9.74.